The van der Waals surface area contributed by atoms with Gasteiger partial charge in [0.15, 0.2) is 10.9 Å². The van der Waals surface area contributed by atoms with Crippen LogP contribution in [-0.4, -0.2) is 62.9 Å². The predicted molar refractivity (Wildman–Crippen MR) is 104 cm³/mol. The first-order chi connectivity index (χ1) is 12.8. The third-order valence-electron chi connectivity index (χ3n) is 4.28. The molecule has 0 saturated carbocycles. The van der Waals surface area contributed by atoms with E-state index in [1.807, 2.05) is 28.2 Å². The number of piperazine rings is 1. The summed E-state index contributed by atoms with van der Waals surface area (Å²) in [6.07, 6.45) is 7.64. The number of hydrogen-bond acceptors (Lipinski definition) is 6. The Kier molecular flexibility index (Phi) is 4.96. The SMILES string of the molecule is CCNC(=NCc1cn2ccsc2n1)N1CCN(c2ncccn2)CC1. The molecule has 4 heterocycles. The van der Waals surface area contributed by atoms with Gasteiger partial charge >= 0.3 is 0 Å². The van der Waals surface area contributed by atoms with Gasteiger partial charge in [-0.05, 0) is 13.0 Å². The lowest BCUT2D eigenvalue weighted by molar-refractivity contribution is 0.370. The number of imidazole rings is 1. The molecule has 0 bridgehead atoms. The van der Waals surface area contributed by atoms with Crippen molar-refractivity contribution >= 4 is 28.2 Å². The molecule has 4 rings (SSSR count). The summed E-state index contributed by atoms with van der Waals surface area (Å²) in [5.41, 5.74) is 0.989. The van der Waals surface area contributed by atoms with Gasteiger partial charge in [-0.25, -0.2) is 19.9 Å². The van der Waals surface area contributed by atoms with Crippen molar-refractivity contribution in [3.63, 3.8) is 0 Å². The number of hydrogen-bond donors (Lipinski definition) is 1. The minimum Gasteiger partial charge on any atom is -0.357 e. The van der Waals surface area contributed by atoms with Crippen LogP contribution in [0.25, 0.3) is 4.96 Å². The smallest absolute Gasteiger partial charge is 0.225 e. The fraction of sp³-hybridized carbons (Fsp3) is 0.412. The van der Waals surface area contributed by atoms with Crippen molar-refractivity contribution in [3.8, 4) is 0 Å². The van der Waals surface area contributed by atoms with Crippen LogP contribution in [0.3, 0.4) is 0 Å². The van der Waals surface area contributed by atoms with Crippen LogP contribution >= 0.6 is 11.3 Å². The zero-order valence-electron chi connectivity index (χ0n) is 14.7. The lowest BCUT2D eigenvalue weighted by Crippen LogP contribution is -2.53. The Hall–Kier alpha value is -2.68. The van der Waals surface area contributed by atoms with Crippen molar-refractivity contribution in [1.29, 1.82) is 0 Å². The van der Waals surface area contributed by atoms with E-state index in [0.29, 0.717) is 6.54 Å². The van der Waals surface area contributed by atoms with Crippen molar-refractivity contribution in [2.75, 3.05) is 37.6 Å². The Labute approximate surface area is 156 Å². The summed E-state index contributed by atoms with van der Waals surface area (Å²) < 4.78 is 2.04. The number of fused-ring (bicyclic) bond motifs is 1. The minimum atomic E-state index is 0.582. The minimum absolute atomic E-state index is 0.582. The molecule has 1 aliphatic heterocycles. The highest BCUT2D eigenvalue weighted by Gasteiger charge is 2.21. The highest BCUT2D eigenvalue weighted by Crippen LogP contribution is 2.13. The maximum Gasteiger partial charge on any atom is 0.225 e. The number of anilines is 1. The number of aliphatic imine (C=N–C) groups is 1. The van der Waals surface area contributed by atoms with Gasteiger partial charge in [0.1, 0.15) is 0 Å². The molecular weight excluding hydrogens is 348 g/mol. The Bertz CT molecular complexity index is 835. The fourth-order valence-corrected chi connectivity index (χ4v) is 3.73. The van der Waals surface area contributed by atoms with Crippen molar-refractivity contribution < 1.29 is 0 Å². The molecule has 136 valence electrons. The van der Waals surface area contributed by atoms with Gasteiger partial charge in [-0.15, -0.1) is 11.3 Å². The van der Waals surface area contributed by atoms with E-state index in [-0.39, 0.29) is 0 Å². The second-order valence-corrected chi connectivity index (χ2v) is 6.89. The van der Waals surface area contributed by atoms with Gasteiger partial charge in [0.2, 0.25) is 5.95 Å². The number of thiazole rings is 1. The lowest BCUT2D eigenvalue weighted by Gasteiger charge is -2.36. The summed E-state index contributed by atoms with van der Waals surface area (Å²) >= 11 is 1.64. The van der Waals surface area contributed by atoms with Crippen molar-refractivity contribution in [2.45, 2.75) is 13.5 Å². The quantitative estimate of drug-likeness (QED) is 0.554. The molecule has 1 N–H and O–H groups in total. The molecular formula is C17H22N8S. The van der Waals surface area contributed by atoms with Gasteiger partial charge in [0, 0.05) is 62.9 Å². The van der Waals surface area contributed by atoms with Crippen LogP contribution in [0.1, 0.15) is 12.6 Å². The second-order valence-electron chi connectivity index (χ2n) is 6.02. The van der Waals surface area contributed by atoms with E-state index < -0.39 is 0 Å². The van der Waals surface area contributed by atoms with Crippen LogP contribution in [0.4, 0.5) is 5.95 Å². The standard InChI is InChI=1S/C17H22N8S/c1-2-18-15(21-12-14-13-25-10-11-26-17(25)22-14)23-6-8-24(9-7-23)16-19-4-3-5-20-16/h3-5,10-11,13H,2,6-9,12H2,1H3,(H,18,21). The van der Waals surface area contributed by atoms with Gasteiger partial charge in [0.25, 0.3) is 0 Å². The molecule has 3 aromatic heterocycles. The average Bonchev–Trinajstić information content (AvgIpc) is 3.28. The Balaban J connectivity index is 1.41. The molecule has 8 nitrogen and oxygen atoms in total. The molecule has 0 amide bonds. The van der Waals surface area contributed by atoms with Gasteiger partial charge in [-0.3, -0.25) is 4.40 Å². The zero-order chi connectivity index (χ0) is 17.8. The molecule has 0 aromatic carbocycles. The molecule has 0 spiro atoms. The number of nitrogens with zero attached hydrogens (tertiary/aromatic N) is 7. The van der Waals surface area contributed by atoms with Crippen LogP contribution in [0, 0.1) is 0 Å². The maximum absolute atomic E-state index is 4.79. The van der Waals surface area contributed by atoms with Crippen molar-refractivity contribution in [3.05, 3.63) is 41.9 Å². The number of rotatable bonds is 4. The van der Waals surface area contributed by atoms with E-state index in [1.54, 1.807) is 23.7 Å². The largest absolute Gasteiger partial charge is 0.357 e. The Morgan fingerprint density at radius 3 is 2.77 bits per heavy atom. The molecule has 26 heavy (non-hydrogen) atoms. The molecule has 1 aliphatic rings. The molecule has 0 radical (unpaired) electrons. The first-order valence-electron chi connectivity index (χ1n) is 8.80. The Morgan fingerprint density at radius 2 is 2.04 bits per heavy atom. The van der Waals surface area contributed by atoms with E-state index in [2.05, 4.69) is 37.0 Å². The highest BCUT2D eigenvalue weighted by molar-refractivity contribution is 7.15. The van der Waals surface area contributed by atoms with Gasteiger partial charge in [-0.2, -0.15) is 0 Å². The first-order valence-corrected chi connectivity index (χ1v) is 9.68. The summed E-state index contributed by atoms with van der Waals surface area (Å²) in [5, 5.41) is 5.44. The summed E-state index contributed by atoms with van der Waals surface area (Å²) in [6, 6.07) is 1.84. The third kappa shape index (κ3) is 3.62. The number of nitrogens with one attached hydrogen (secondary N) is 1. The molecule has 9 heteroatoms. The molecule has 0 aliphatic carbocycles. The van der Waals surface area contributed by atoms with Crippen molar-refractivity contribution in [2.24, 2.45) is 4.99 Å². The summed E-state index contributed by atoms with van der Waals surface area (Å²) in [6.45, 7) is 7.07. The maximum atomic E-state index is 4.79. The number of guanidine groups is 1. The van der Waals surface area contributed by atoms with Gasteiger partial charge in [0.05, 0.1) is 12.2 Å². The van der Waals surface area contributed by atoms with E-state index in [4.69, 9.17) is 4.99 Å². The molecule has 0 unspecified atom stereocenters. The van der Waals surface area contributed by atoms with Crippen LogP contribution in [-0.2, 0) is 6.54 Å². The zero-order valence-corrected chi connectivity index (χ0v) is 15.6. The van der Waals surface area contributed by atoms with Gasteiger partial charge < -0.3 is 15.1 Å². The highest BCUT2D eigenvalue weighted by atomic mass is 32.1. The van der Waals surface area contributed by atoms with Crippen LogP contribution in [0.5, 0.6) is 0 Å². The summed E-state index contributed by atoms with van der Waals surface area (Å²) in [5.74, 6) is 1.74. The normalized spacial score (nSPS) is 15.7. The molecule has 3 aromatic rings. The lowest BCUT2D eigenvalue weighted by atomic mass is 10.3. The third-order valence-corrected chi connectivity index (χ3v) is 5.05. The van der Waals surface area contributed by atoms with Crippen LogP contribution in [0.2, 0.25) is 0 Å². The molecule has 1 fully saturated rings. The monoisotopic (exact) mass is 370 g/mol. The Morgan fingerprint density at radius 1 is 1.23 bits per heavy atom. The summed E-state index contributed by atoms with van der Waals surface area (Å²) in [7, 11) is 0. The first kappa shape index (κ1) is 16.8. The number of aromatic nitrogens is 4. The van der Waals surface area contributed by atoms with E-state index >= 15 is 0 Å². The van der Waals surface area contributed by atoms with E-state index in [9.17, 15) is 0 Å². The topological polar surface area (TPSA) is 74.0 Å². The van der Waals surface area contributed by atoms with E-state index in [1.165, 1.54) is 0 Å². The van der Waals surface area contributed by atoms with Crippen LogP contribution in [0.15, 0.2) is 41.2 Å². The van der Waals surface area contributed by atoms with E-state index in [0.717, 1.165) is 55.3 Å². The fourth-order valence-electron chi connectivity index (χ4n) is 3.01. The van der Waals surface area contributed by atoms with Gasteiger partial charge in [-0.1, -0.05) is 0 Å². The average molecular weight is 370 g/mol. The van der Waals surface area contributed by atoms with Crippen LogP contribution < -0.4 is 10.2 Å². The predicted octanol–water partition coefficient (Wildman–Crippen LogP) is 1.47. The molecule has 1 saturated heterocycles. The van der Waals surface area contributed by atoms with Crippen molar-refractivity contribution in [1.82, 2.24) is 29.6 Å². The molecule has 0 atom stereocenters. The second kappa shape index (κ2) is 7.69. The summed E-state index contributed by atoms with van der Waals surface area (Å²) in [4.78, 5) is 23.6.